The summed E-state index contributed by atoms with van der Waals surface area (Å²) in [6, 6.07) is 5.22. The summed E-state index contributed by atoms with van der Waals surface area (Å²) >= 11 is 0. The highest BCUT2D eigenvalue weighted by Crippen LogP contribution is 2.41. The number of nitrogens with one attached hydrogen (secondary N) is 2. The highest BCUT2D eigenvalue weighted by molar-refractivity contribution is 6.09. The van der Waals surface area contributed by atoms with Crippen molar-refractivity contribution in [1.29, 1.82) is 0 Å². The van der Waals surface area contributed by atoms with Gasteiger partial charge in [-0.1, -0.05) is 5.16 Å². The molecule has 2 N–H and O–H groups in total. The molecule has 4 rings (SSSR count). The minimum Gasteiger partial charge on any atom is -0.463 e. The normalized spacial score (nSPS) is 13.8. The Morgan fingerprint density at radius 3 is 2.88 bits per heavy atom. The van der Waals surface area contributed by atoms with Gasteiger partial charge in [0.2, 0.25) is 5.91 Å². The summed E-state index contributed by atoms with van der Waals surface area (Å²) in [7, 11) is 1.51. The van der Waals surface area contributed by atoms with Crippen molar-refractivity contribution in [1.82, 2.24) is 20.8 Å². The lowest BCUT2D eigenvalue weighted by molar-refractivity contribution is -0.119. The summed E-state index contributed by atoms with van der Waals surface area (Å²) in [6.07, 6.45) is 3.60. The molecule has 0 atom stereocenters. The van der Waals surface area contributed by atoms with Crippen LogP contribution in [-0.4, -0.2) is 35.5 Å². The van der Waals surface area contributed by atoms with Crippen LogP contribution < -0.4 is 10.6 Å². The lowest BCUT2D eigenvalue weighted by Crippen LogP contribution is -2.35. The number of likely N-dealkylation sites (N-methyl/N-ethyl adjacent to an activating group) is 1. The van der Waals surface area contributed by atoms with Gasteiger partial charge in [0.15, 0.2) is 11.5 Å². The third-order valence-corrected chi connectivity index (χ3v) is 4.15. The highest BCUT2D eigenvalue weighted by atomic mass is 16.5. The van der Waals surface area contributed by atoms with Crippen LogP contribution in [0.4, 0.5) is 0 Å². The molecule has 1 fully saturated rings. The predicted molar refractivity (Wildman–Crippen MR) is 87.9 cm³/mol. The monoisotopic (exact) mass is 340 g/mol. The van der Waals surface area contributed by atoms with E-state index < -0.39 is 0 Å². The first-order valence-electron chi connectivity index (χ1n) is 8.00. The van der Waals surface area contributed by atoms with Crippen molar-refractivity contribution in [3.05, 3.63) is 35.7 Å². The Balaban J connectivity index is 1.80. The number of aromatic nitrogens is 2. The van der Waals surface area contributed by atoms with E-state index in [2.05, 4.69) is 20.8 Å². The number of carbonyl (C=O) groups excluding carboxylic acids is 2. The molecule has 0 aliphatic heterocycles. The third-order valence-electron chi connectivity index (χ3n) is 4.15. The Morgan fingerprint density at radius 2 is 2.20 bits per heavy atom. The zero-order valence-corrected chi connectivity index (χ0v) is 13.5. The standard InChI is InChI=1S/C17H16N4O4/c1-18-13(22)8-19-16(23)10-7-11(9-4-5-9)20-17-14(10)15(21-25-17)12-3-2-6-24-12/h2-3,6-7,9H,4-5,8H2,1H3,(H,18,22)(H,19,23). The lowest BCUT2D eigenvalue weighted by atomic mass is 10.1. The summed E-state index contributed by atoms with van der Waals surface area (Å²) in [5.74, 6) is 0.165. The van der Waals surface area contributed by atoms with Gasteiger partial charge in [0.05, 0.1) is 23.8 Å². The summed E-state index contributed by atoms with van der Waals surface area (Å²) in [5, 5.41) is 9.58. The van der Waals surface area contributed by atoms with Crippen LogP contribution >= 0.6 is 0 Å². The molecule has 0 radical (unpaired) electrons. The van der Waals surface area contributed by atoms with Gasteiger partial charge in [0.1, 0.15) is 0 Å². The van der Waals surface area contributed by atoms with Crippen LogP contribution in [0.2, 0.25) is 0 Å². The molecule has 2 amide bonds. The number of pyridine rings is 1. The molecule has 0 spiro atoms. The van der Waals surface area contributed by atoms with Gasteiger partial charge in [-0.15, -0.1) is 0 Å². The number of hydrogen-bond donors (Lipinski definition) is 2. The van der Waals surface area contributed by atoms with Gasteiger partial charge in [-0.25, -0.2) is 4.98 Å². The molecule has 25 heavy (non-hydrogen) atoms. The first-order valence-corrected chi connectivity index (χ1v) is 8.00. The molecule has 1 aliphatic carbocycles. The van der Waals surface area contributed by atoms with Gasteiger partial charge in [-0.05, 0) is 31.0 Å². The van der Waals surface area contributed by atoms with Gasteiger partial charge in [0, 0.05) is 18.7 Å². The summed E-state index contributed by atoms with van der Waals surface area (Å²) in [5.41, 5.74) is 1.89. The zero-order valence-electron chi connectivity index (χ0n) is 13.5. The maximum Gasteiger partial charge on any atom is 0.259 e. The van der Waals surface area contributed by atoms with Gasteiger partial charge in [-0.3, -0.25) is 9.59 Å². The van der Waals surface area contributed by atoms with E-state index in [4.69, 9.17) is 8.94 Å². The highest BCUT2D eigenvalue weighted by Gasteiger charge is 2.29. The second kappa shape index (κ2) is 6.04. The van der Waals surface area contributed by atoms with Crippen LogP contribution in [0.1, 0.15) is 34.8 Å². The molecular weight excluding hydrogens is 324 g/mol. The fourth-order valence-electron chi connectivity index (χ4n) is 2.66. The van der Waals surface area contributed by atoms with Crippen molar-refractivity contribution >= 4 is 22.9 Å². The molecule has 0 unspecified atom stereocenters. The average Bonchev–Trinajstić information content (AvgIpc) is 3.17. The maximum absolute atomic E-state index is 12.7. The van der Waals surface area contributed by atoms with Crippen LogP contribution in [0.3, 0.4) is 0 Å². The Hall–Kier alpha value is -3.16. The van der Waals surface area contributed by atoms with E-state index >= 15 is 0 Å². The van der Waals surface area contributed by atoms with Crippen molar-refractivity contribution in [3.63, 3.8) is 0 Å². The van der Waals surface area contributed by atoms with Gasteiger partial charge < -0.3 is 19.6 Å². The Bertz CT molecular complexity index is 941. The maximum atomic E-state index is 12.7. The van der Waals surface area contributed by atoms with E-state index in [1.165, 1.54) is 13.3 Å². The molecule has 128 valence electrons. The molecule has 3 aromatic heterocycles. The van der Waals surface area contributed by atoms with E-state index in [9.17, 15) is 9.59 Å². The molecule has 8 nitrogen and oxygen atoms in total. The van der Waals surface area contributed by atoms with E-state index in [0.717, 1.165) is 18.5 Å². The number of hydrogen-bond acceptors (Lipinski definition) is 6. The van der Waals surface area contributed by atoms with Gasteiger partial charge in [-0.2, -0.15) is 0 Å². The second-order valence-corrected chi connectivity index (χ2v) is 5.91. The summed E-state index contributed by atoms with van der Waals surface area (Å²) in [4.78, 5) is 28.6. The van der Waals surface area contributed by atoms with Gasteiger partial charge in [0.25, 0.3) is 11.6 Å². The van der Waals surface area contributed by atoms with Crippen LogP contribution in [0, 0.1) is 0 Å². The Morgan fingerprint density at radius 1 is 1.36 bits per heavy atom. The van der Waals surface area contributed by atoms with E-state index in [-0.39, 0.29) is 18.4 Å². The topological polar surface area (TPSA) is 110 Å². The Kier molecular flexibility index (Phi) is 3.72. The van der Waals surface area contributed by atoms with Crippen LogP contribution in [0.15, 0.2) is 33.4 Å². The van der Waals surface area contributed by atoms with Crippen molar-refractivity contribution in [2.45, 2.75) is 18.8 Å². The SMILES string of the molecule is CNC(=O)CNC(=O)c1cc(C2CC2)nc2onc(-c3ccco3)c12. The predicted octanol–water partition coefficient (Wildman–Crippen LogP) is 1.84. The zero-order chi connectivity index (χ0) is 17.4. The van der Waals surface area contributed by atoms with Crippen molar-refractivity contribution in [2.24, 2.45) is 0 Å². The molecule has 0 aromatic carbocycles. The first-order chi connectivity index (χ1) is 12.2. The molecule has 0 saturated heterocycles. The fraction of sp³-hybridized carbons (Fsp3) is 0.294. The van der Waals surface area contributed by atoms with Crippen LogP contribution in [-0.2, 0) is 4.79 Å². The number of rotatable bonds is 5. The average molecular weight is 340 g/mol. The first kappa shape index (κ1) is 15.4. The van der Waals surface area contributed by atoms with Crippen LogP contribution in [0.5, 0.6) is 0 Å². The minimum atomic E-state index is -0.381. The second-order valence-electron chi connectivity index (χ2n) is 5.91. The summed E-state index contributed by atoms with van der Waals surface area (Å²) in [6.45, 7) is -0.112. The van der Waals surface area contributed by atoms with Crippen molar-refractivity contribution < 1.29 is 18.5 Å². The minimum absolute atomic E-state index is 0.112. The molecule has 1 saturated carbocycles. The Labute approximate surface area is 142 Å². The van der Waals surface area contributed by atoms with Gasteiger partial charge >= 0.3 is 0 Å². The fourth-order valence-corrected chi connectivity index (χ4v) is 2.66. The smallest absolute Gasteiger partial charge is 0.259 e. The molecular formula is C17H16N4O4. The van der Waals surface area contributed by atoms with Crippen molar-refractivity contribution in [3.8, 4) is 11.5 Å². The number of nitrogens with zero attached hydrogens (tertiary/aromatic N) is 2. The number of fused-ring (bicyclic) bond motifs is 1. The lowest BCUT2D eigenvalue weighted by Gasteiger charge is -2.07. The number of carbonyl (C=O) groups is 2. The molecule has 3 heterocycles. The largest absolute Gasteiger partial charge is 0.463 e. The number of furan rings is 1. The molecule has 3 aromatic rings. The van der Waals surface area contributed by atoms with Crippen LogP contribution in [0.25, 0.3) is 22.6 Å². The van der Waals surface area contributed by atoms with E-state index in [1.807, 2.05) is 0 Å². The van der Waals surface area contributed by atoms with E-state index in [0.29, 0.717) is 34.0 Å². The van der Waals surface area contributed by atoms with Crippen molar-refractivity contribution in [2.75, 3.05) is 13.6 Å². The third kappa shape index (κ3) is 2.86. The summed E-state index contributed by atoms with van der Waals surface area (Å²) < 4.78 is 10.7. The van der Waals surface area contributed by atoms with E-state index in [1.54, 1.807) is 18.2 Å². The molecule has 0 bridgehead atoms. The quantitative estimate of drug-likeness (QED) is 0.733. The molecule has 1 aliphatic rings. The number of amides is 2. The molecule has 8 heteroatoms.